The van der Waals surface area contributed by atoms with E-state index in [9.17, 15) is 0 Å². The number of hydrogen-bond acceptors (Lipinski definition) is 3. The second-order valence-corrected chi connectivity index (χ2v) is 5.02. The van der Waals surface area contributed by atoms with Crippen molar-refractivity contribution in [1.82, 2.24) is 4.98 Å². The SMILES string of the molecule is CC(CCNc1nccc2occc12)c1ccccc1. The summed E-state index contributed by atoms with van der Waals surface area (Å²) in [6, 6.07) is 14.4. The highest BCUT2D eigenvalue weighted by Crippen LogP contribution is 2.23. The molecule has 2 heterocycles. The summed E-state index contributed by atoms with van der Waals surface area (Å²) in [6.07, 6.45) is 4.54. The first-order valence-electron chi connectivity index (χ1n) is 6.95. The molecule has 1 N–H and O–H groups in total. The number of nitrogens with one attached hydrogen (secondary N) is 1. The van der Waals surface area contributed by atoms with Crippen molar-refractivity contribution < 1.29 is 4.42 Å². The Morgan fingerprint density at radius 1 is 1.15 bits per heavy atom. The van der Waals surface area contributed by atoms with E-state index in [1.807, 2.05) is 12.1 Å². The van der Waals surface area contributed by atoms with Gasteiger partial charge >= 0.3 is 0 Å². The van der Waals surface area contributed by atoms with Gasteiger partial charge < -0.3 is 9.73 Å². The predicted octanol–water partition coefficient (Wildman–Crippen LogP) is 4.43. The largest absolute Gasteiger partial charge is 0.464 e. The van der Waals surface area contributed by atoms with Gasteiger partial charge in [0.05, 0.1) is 11.6 Å². The summed E-state index contributed by atoms with van der Waals surface area (Å²) in [5.41, 5.74) is 2.25. The van der Waals surface area contributed by atoms with Crippen LogP contribution in [0.1, 0.15) is 24.8 Å². The molecule has 0 amide bonds. The summed E-state index contributed by atoms with van der Waals surface area (Å²) >= 11 is 0. The van der Waals surface area contributed by atoms with E-state index in [2.05, 4.69) is 47.6 Å². The van der Waals surface area contributed by atoms with Crippen LogP contribution >= 0.6 is 0 Å². The Bertz CT molecular complexity index is 676. The molecule has 102 valence electrons. The van der Waals surface area contributed by atoms with Crippen LogP contribution in [0.4, 0.5) is 5.82 Å². The number of hydrogen-bond donors (Lipinski definition) is 1. The minimum atomic E-state index is 0.534. The first-order valence-corrected chi connectivity index (χ1v) is 6.95. The van der Waals surface area contributed by atoms with E-state index in [1.165, 1.54) is 5.56 Å². The van der Waals surface area contributed by atoms with Gasteiger partial charge in [-0.3, -0.25) is 0 Å². The standard InChI is InChI=1S/C17H18N2O/c1-13(14-5-3-2-4-6-14)7-10-18-17-15-9-12-20-16(15)8-11-19-17/h2-6,8-9,11-13H,7,10H2,1H3,(H,18,19). The monoisotopic (exact) mass is 266 g/mol. The average molecular weight is 266 g/mol. The van der Waals surface area contributed by atoms with Crippen LogP contribution in [0.2, 0.25) is 0 Å². The second-order valence-electron chi connectivity index (χ2n) is 5.02. The fraction of sp³-hybridized carbons (Fsp3) is 0.235. The lowest BCUT2D eigenvalue weighted by atomic mass is 9.98. The van der Waals surface area contributed by atoms with Crippen LogP contribution in [0.25, 0.3) is 11.0 Å². The van der Waals surface area contributed by atoms with Crippen molar-refractivity contribution in [2.75, 3.05) is 11.9 Å². The molecule has 3 aromatic rings. The Morgan fingerprint density at radius 2 is 2.00 bits per heavy atom. The maximum absolute atomic E-state index is 5.38. The van der Waals surface area contributed by atoms with Gasteiger partial charge in [-0.1, -0.05) is 37.3 Å². The molecule has 3 rings (SSSR count). The van der Waals surface area contributed by atoms with Gasteiger partial charge in [-0.05, 0) is 30.0 Å². The maximum atomic E-state index is 5.38. The summed E-state index contributed by atoms with van der Waals surface area (Å²) < 4.78 is 5.38. The van der Waals surface area contributed by atoms with E-state index in [-0.39, 0.29) is 0 Å². The lowest BCUT2D eigenvalue weighted by Crippen LogP contribution is -2.07. The molecule has 0 aliphatic heterocycles. The highest BCUT2D eigenvalue weighted by atomic mass is 16.3. The van der Waals surface area contributed by atoms with Gasteiger partial charge in [0, 0.05) is 12.7 Å². The van der Waals surface area contributed by atoms with Crippen molar-refractivity contribution in [3.63, 3.8) is 0 Å². The van der Waals surface area contributed by atoms with Crippen LogP contribution in [0.15, 0.2) is 59.3 Å². The second kappa shape index (κ2) is 5.78. The van der Waals surface area contributed by atoms with E-state index in [4.69, 9.17) is 4.42 Å². The Morgan fingerprint density at radius 3 is 2.85 bits per heavy atom. The lowest BCUT2D eigenvalue weighted by Gasteiger charge is -2.13. The highest BCUT2D eigenvalue weighted by molar-refractivity contribution is 5.87. The van der Waals surface area contributed by atoms with Crippen LogP contribution in [0.5, 0.6) is 0 Å². The Labute approximate surface area is 118 Å². The highest BCUT2D eigenvalue weighted by Gasteiger charge is 2.07. The summed E-state index contributed by atoms with van der Waals surface area (Å²) in [5, 5.41) is 4.44. The van der Waals surface area contributed by atoms with Gasteiger partial charge in [0.2, 0.25) is 0 Å². The molecule has 0 saturated heterocycles. The molecule has 1 atom stereocenters. The fourth-order valence-corrected chi connectivity index (χ4v) is 2.39. The molecule has 1 unspecified atom stereocenters. The molecule has 2 aromatic heterocycles. The Hall–Kier alpha value is -2.29. The maximum Gasteiger partial charge on any atom is 0.139 e. The van der Waals surface area contributed by atoms with E-state index in [1.54, 1.807) is 12.5 Å². The van der Waals surface area contributed by atoms with Crippen LogP contribution in [-0.2, 0) is 0 Å². The summed E-state index contributed by atoms with van der Waals surface area (Å²) in [6.45, 7) is 3.15. The minimum absolute atomic E-state index is 0.534. The number of benzene rings is 1. The van der Waals surface area contributed by atoms with Gasteiger partial charge in [-0.25, -0.2) is 4.98 Å². The average Bonchev–Trinajstić information content (AvgIpc) is 2.97. The smallest absolute Gasteiger partial charge is 0.139 e. The molecular formula is C17H18N2O. The quantitative estimate of drug-likeness (QED) is 0.742. The molecule has 0 radical (unpaired) electrons. The van der Waals surface area contributed by atoms with Crippen LogP contribution in [-0.4, -0.2) is 11.5 Å². The molecule has 0 aliphatic rings. The molecule has 0 saturated carbocycles. The Kier molecular flexibility index (Phi) is 3.68. The number of fused-ring (bicyclic) bond motifs is 1. The van der Waals surface area contributed by atoms with E-state index in [0.717, 1.165) is 29.8 Å². The summed E-state index contributed by atoms with van der Waals surface area (Å²) in [4.78, 5) is 4.38. The van der Waals surface area contributed by atoms with Crippen LogP contribution in [0.3, 0.4) is 0 Å². The number of nitrogens with zero attached hydrogens (tertiary/aromatic N) is 1. The zero-order valence-electron chi connectivity index (χ0n) is 11.5. The van der Waals surface area contributed by atoms with E-state index < -0.39 is 0 Å². The normalized spacial score (nSPS) is 12.4. The number of anilines is 1. The topological polar surface area (TPSA) is 38.1 Å². The lowest BCUT2D eigenvalue weighted by molar-refractivity contribution is 0.615. The molecule has 3 heteroatoms. The number of furan rings is 1. The summed E-state index contributed by atoms with van der Waals surface area (Å²) in [7, 11) is 0. The van der Waals surface area contributed by atoms with Gasteiger partial charge in [0.25, 0.3) is 0 Å². The van der Waals surface area contributed by atoms with Crippen molar-refractivity contribution in [2.45, 2.75) is 19.3 Å². The summed E-state index contributed by atoms with van der Waals surface area (Å²) in [5.74, 6) is 1.43. The predicted molar refractivity (Wildman–Crippen MR) is 82.0 cm³/mol. The molecule has 3 nitrogen and oxygen atoms in total. The number of rotatable bonds is 5. The van der Waals surface area contributed by atoms with E-state index in [0.29, 0.717) is 5.92 Å². The van der Waals surface area contributed by atoms with Crippen molar-refractivity contribution in [1.29, 1.82) is 0 Å². The number of aromatic nitrogens is 1. The Balaban J connectivity index is 1.61. The molecule has 0 fully saturated rings. The van der Waals surface area contributed by atoms with Crippen LogP contribution < -0.4 is 5.32 Å². The molecule has 0 spiro atoms. The first-order chi connectivity index (χ1) is 9.84. The van der Waals surface area contributed by atoms with Gasteiger partial charge in [0.1, 0.15) is 11.4 Å². The van der Waals surface area contributed by atoms with Crippen molar-refractivity contribution in [3.05, 3.63) is 60.5 Å². The zero-order valence-corrected chi connectivity index (χ0v) is 11.5. The molecular weight excluding hydrogens is 248 g/mol. The third-order valence-corrected chi connectivity index (χ3v) is 3.62. The molecule has 0 bridgehead atoms. The third kappa shape index (κ3) is 2.67. The fourth-order valence-electron chi connectivity index (χ4n) is 2.39. The molecule has 1 aromatic carbocycles. The van der Waals surface area contributed by atoms with Gasteiger partial charge in [-0.15, -0.1) is 0 Å². The van der Waals surface area contributed by atoms with Gasteiger partial charge in [-0.2, -0.15) is 0 Å². The third-order valence-electron chi connectivity index (χ3n) is 3.62. The van der Waals surface area contributed by atoms with Crippen molar-refractivity contribution >= 4 is 16.8 Å². The van der Waals surface area contributed by atoms with Crippen LogP contribution in [0, 0.1) is 0 Å². The van der Waals surface area contributed by atoms with E-state index >= 15 is 0 Å². The molecule has 20 heavy (non-hydrogen) atoms. The van der Waals surface area contributed by atoms with Gasteiger partial charge in [0.15, 0.2) is 0 Å². The van der Waals surface area contributed by atoms with Crippen molar-refractivity contribution in [2.24, 2.45) is 0 Å². The van der Waals surface area contributed by atoms with Crippen molar-refractivity contribution in [3.8, 4) is 0 Å². The first kappa shape index (κ1) is 12.7. The molecule has 0 aliphatic carbocycles. The zero-order chi connectivity index (χ0) is 13.8. The minimum Gasteiger partial charge on any atom is -0.464 e. The number of pyridine rings is 1.